The second kappa shape index (κ2) is 6.86. The van der Waals surface area contributed by atoms with E-state index in [4.69, 9.17) is 14.6 Å². The molecule has 0 bridgehead atoms. The van der Waals surface area contributed by atoms with Gasteiger partial charge in [0.2, 0.25) is 0 Å². The Bertz CT molecular complexity index is 399. The van der Waals surface area contributed by atoms with Crippen molar-refractivity contribution in [3.8, 4) is 5.75 Å². The van der Waals surface area contributed by atoms with Crippen molar-refractivity contribution in [2.45, 2.75) is 12.2 Å². The zero-order chi connectivity index (χ0) is 13.7. The smallest absolute Gasteiger partial charge is 0.119 e. The molecule has 19 heavy (non-hydrogen) atoms. The molecule has 2 rings (SSSR count). The van der Waals surface area contributed by atoms with Crippen LogP contribution in [-0.2, 0) is 4.74 Å². The van der Waals surface area contributed by atoms with Gasteiger partial charge in [-0.15, -0.1) is 0 Å². The summed E-state index contributed by atoms with van der Waals surface area (Å²) in [5.74, 6) is 0.742. The first-order chi connectivity index (χ1) is 9.22. The number of aliphatic hydroxyl groups is 2. The Morgan fingerprint density at radius 3 is 3.11 bits per heavy atom. The van der Waals surface area contributed by atoms with Gasteiger partial charge in [0.25, 0.3) is 0 Å². The predicted molar refractivity (Wildman–Crippen MR) is 71.2 cm³/mol. The average Bonchev–Trinajstić information content (AvgIpc) is 2.47. The lowest BCUT2D eigenvalue weighted by molar-refractivity contribution is -0.0618. The number of aliphatic hydroxyl groups excluding tert-OH is 2. The largest absolute Gasteiger partial charge is 0.497 e. The number of methoxy groups -OCH3 is 1. The topological polar surface area (TPSA) is 62.2 Å². The number of β-amino-alcohol motifs (C(OH)–C–C–N with tert-alkyl or cyclic N) is 1. The third-order valence-electron chi connectivity index (χ3n) is 3.34. The molecule has 106 valence electrons. The zero-order valence-electron chi connectivity index (χ0n) is 11.2. The van der Waals surface area contributed by atoms with Crippen LogP contribution in [0.25, 0.3) is 0 Å². The summed E-state index contributed by atoms with van der Waals surface area (Å²) in [6.45, 7) is 2.57. The molecule has 0 amide bonds. The highest BCUT2D eigenvalue weighted by molar-refractivity contribution is 5.29. The van der Waals surface area contributed by atoms with Gasteiger partial charge in [-0.3, -0.25) is 4.90 Å². The van der Waals surface area contributed by atoms with Crippen molar-refractivity contribution in [1.82, 2.24) is 4.90 Å². The van der Waals surface area contributed by atoms with Gasteiger partial charge in [-0.2, -0.15) is 0 Å². The molecule has 1 aromatic carbocycles. The highest BCUT2D eigenvalue weighted by Gasteiger charge is 2.22. The van der Waals surface area contributed by atoms with Crippen molar-refractivity contribution in [2.24, 2.45) is 0 Å². The number of nitrogens with zero attached hydrogens (tertiary/aromatic N) is 1. The molecule has 1 saturated heterocycles. The molecule has 0 saturated carbocycles. The van der Waals surface area contributed by atoms with Gasteiger partial charge < -0.3 is 19.7 Å². The molecule has 2 unspecified atom stereocenters. The average molecular weight is 267 g/mol. The summed E-state index contributed by atoms with van der Waals surface area (Å²) in [5, 5.41) is 19.3. The molecule has 1 heterocycles. The Balaban J connectivity index is 1.94. The molecule has 1 aliphatic rings. The van der Waals surface area contributed by atoms with Crippen molar-refractivity contribution >= 4 is 0 Å². The number of morpholine rings is 1. The van der Waals surface area contributed by atoms with Crippen LogP contribution >= 0.6 is 0 Å². The molecule has 0 aliphatic carbocycles. The molecule has 0 radical (unpaired) electrons. The first-order valence-corrected chi connectivity index (χ1v) is 6.49. The molecule has 1 fully saturated rings. The molecule has 2 atom stereocenters. The molecule has 1 aromatic rings. The van der Waals surface area contributed by atoms with Gasteiger partial charge in [0.15, 0.2) is 0 Å². The minimum absolute atomic E-state index is 0.0196. The molecule has 2 N–H and O–H groups in total. The summed E-state index contributed by atoms with van der Waals surface area (Å²) in [5.41, 5.74) is 0.839. The van der Waals surface area contributed by atoms with Crippen LogP contribution in [0.5, 0.6) is 5.75 Å². The van der Waals surface area contributed by atoms with Crippen molar-refractivity contribution in [1.29, 1.82) is 0 Å². The van der Waals surface area contributed by atoms with Crippen LogP contribution in [0.3, 0.4) is 0 Å². The summed E-state index contributed by atoms with van der Waals surface area (Å²) in [7, 11) is 1.61. The first kappa shape index (κ1) is 14.3. The van der Waals surface area contributed by atoms with E-state index in [2.05, 4.69) is 4.90 Å². The maximum absolute atomic E-state index is 10.3. The second-order valence-corrected chi connectivity index (χ2v) is 4.73. The maximum atomic E-state index is 10.3. The number of hydrogen-bond donors (Lipinski definition) is 2. The van der Waals surface area contributed by atoms with Crippen LogP contribution in [0.1, 0.15) is 11.7 Å². The Kier molecular flexibility index (Phi) is 5.15. The molecule has 0 spiro atoms. The Labute approximate surface area is 113 Å². The van der Waals surface area contributed by atoms with Crippen LogP contribution < -0.4 is 4.74 Å². The second-order valence-electron chi connectivity index (χ2n) is 4.73. The monoisotopic (exact) mass is 267 g/mol. The molecule has 1 aliphatic heterocycles. The van der Waals surface area contributed by atoms with Crippen molar-refractivity contribution in [2.75, 3.05) is 40.0 Å². The van der Waals surface area contributed by atoms with Gasteiger partial charge >= 0.3 is 0 Å². The standard InChI is InChI=1S/C14H21NO4/c1-18-12-4-2-3-11(7-12)14(17)9-15-5-6-19-13(8-15)10-16/h2-4,7,13-14,16-17H,5-6,8-10H2,1H3. The molecule has 5 heteroatoms. The third kappa shape index (κ3) is 3.91. The number of hydrogen-bond acceptors (Lipinski definition) is 5. The zero-order valence-corrected chi connectivity index (χ0v) is 11.2. The fourth-order valence-electron chi connectivity index (χ4n) is 2.26. The van der Waals surface area contributed by atoms with Crippen molar-refractivity contribution in [3.63, 3.8) is 0 Å². The fourth-order valence-corrected chi connectivity index (χ4v) is 2.26. The summed E-state index contributed by atoms with van der Waals surface area (Å²) in [4.78, 5) is 2.11. The summed E-state index contributed by atoms with van der Waals surface area (Å²) in [6.07, 6.45) is -0.709. The van der Waals surface area contributed by atoms with Crippen LogP contribution in [0.2, 0.25) is 0 Å². The summed E-state index contributed by atoms with van der Waals surface area (Å²) < 4.78 is 10.5. The van der Waals surface area contributed by atoms with Gasteiger partial charge in [0.05, 0.1) is 32.5 Å². The highest BCUT2D eigenvalue weighted by Crippen LogP contribution is 2.20. The lowest BCUT2D eigenvalue weighted by Crippen LogP contribution is -2.45. The maximum Gasteiger partial charge on any atom is 0.119 e. The number of benzene rings is 1. The van der Waals surface area contributed by atoms with Gasteiger partial charge in [-0.25, -0.2) is 0 Å². The molecule has 5 nitrogen and oxygen atoms in total. The van der Waals surface area contributed by atoms with Gasteiger partial charge in [0.1, 0.15) is 5.75 Å². The van der Waals surface area contributed by atoms with E-state index in [1.54, 1.807) is 7.11 Å². The van der Waals surface area contributed by atoms with Crippen LogP contribution in [-0.4, -0.2) is 61.2 Å². The quantitative estimate of drug-likeness (QED) is 0.809. The minimum atomic E-state index is -0.562. The van der Waals surface area contributed by atoms with E-state index in [-0.39, 0.29) is 12.7 Å². The minimum Gasteiger partial charge on any atom is -0.497 e. The Morgan fingerprint density at radius 2 is 2.37 bits per heavy atom. The SMILES string of the molecule is COc1cccc(C(O)CN2CCOC(CO)C2)c1. The van der Waals surface area contributed by atoms with Crippen LogP contribution in [0, 0.1) is 0 Å². The van der Waals surface area contributed by atoms with E-state index in [0.29, 0.717) is 19.7 Å². The van der Waals surface area contributed by atoms with Crippen LogP contribution in [0.15, 0.2) is 24.3 Å². The normalized spacial score (nSPS) is 22.2. The lowest BCUT2D eigenvalue weighted by atomic mass is 10.1. The number of ether oxygens (including phenoxy) is 2. The number of rotatable bonds is 5. The van der Waals surface area contributed by atoms with Crippen LogP contribution in [0.4, 0.5) is 0 Å². The molecular formula is C14H21NO4. The van der Waals surface area contributed by atoms with E-state index >= 15 is 0 Å². The first-order valence-electron chi connectivity index (χ1n) is 6.49. The lowest BCUT2D eigenvalue weighted by Gasteiger charge is -2.33. The predicted octanol–water partition coefficient (Wildman–Crippen LogP) is 0.422. The highest BCUT2D eigenvalue weighted by atomic mass is 16.5. The molecular weight excluding hydrogens is 246 g/mol. The third-order valence-corrected chi connectivity index (χ3v) is 3.34. The van der Waals surface area contributed by atoms with Crippen molar-refractivity contribution in [3.05, 3.63) is 29.8 Å². The van der Waals surface area contributed by atoms with Gasteiger partial charge in [-0.05, 0) is 17.7 Å². The van der Waals surface area contributed by atoms with E-state index in [1.807, 2.05) is 24.3 Å². The van der Waals surface area contributed by atoms with Crippen molar-refractivity contribution < 1.29 is 19.7 Å². The Hall–Kier alpha value is -1.14. The summed E-state index contributed by atoms with van der Waals surface area (Å²) >= 11 is 0. The van der Waals surface area contributed by atoms with E-state index < -0.39 is 6.10 Å². The van der Waals surface area contributed by atoms with Gasteiger partial charge in [0, 0.05) is 19.6 Å². The van der Waals surface area contributed by atoms with E-state index in [9.17, 15) is 5.11 Å². The van der Waals surface area contributed by atoms with E-state index in [0.717, 1.165) is 17.9 Å². The van der Waals surface area contributed by atoms with E-state index in [1.165, 1.54) is 0 Å². The fraction of sp³-hybridized carbons (Fsp3) is 0.571. The van der Waals surface area contributed by atoms with Gasteiger partial charge in [-0.1, -0.05) is 12.1 Å². The molecule has 0 aromatic heterocycles. The Morgan fingerprint density at radius 1 is 1.53 bits per heavy atom. The summed E-state index contributed by atoms with van der Waals surface area (Å²) in [6, 6.07) is 7.45.